The van der Waals surface area contributed by atoms with Crippen molar-refractivity contribution in [3.8, 4) is 0 Å². The lowest BCUT2D eigenvalue weighted by molar-refractivity contribution is -0.950. The highest BCUT2D eigenvalue weighted by molar-refractivity contribution is 4.35. The minimum absolute atomic E-state index is 1.33. The highest BCUT2D eigenvalue weighted by atomic mass is 15.2. The Hall–Kier alpha value is -0.120. The van der Waals surface area contributed by atoms with Crippen LogP contribution in [0.1, 0.15) is 6.42 Å². The molecule has 0 atom stereocenters. The van der Waals surface area contributed by atoms with Gasteiger partial charge in [0.15, 0.2) is 0 Å². The molecular weight excluding hydrogens is 150 g/mol. The second kappa shape index (κ2) is 5.51. The fourth-order valence-corrected chi connectivity index (χ4v) is 1.82. The molecule has 1 heterocycles. The molecule has 72 valence electrons. The molecule has 1 aliphatic heterocycles. The zero-order valence-corrected chi connectivity index (χ0v) is 8.53. The summed E-state index contributed by atoms with van der Waals surface area (Å²) in [5, 5.41) is 2.43. The first-order chi connectivity index (χ1) is 5.79. The number of rotatable bonds is 4. The lowest BCUT2D eigenvalue weighted by Gasteiger charge is -2.22. The van der Waals surface area contributed by atoms with Gasteiger partial charge in [0.1, 0.15) is 26.2 Å². The minimum Gasteiger partial charge on any atom is -0.340 e. The van der Waals surface area contributed by atoms with E-state index in [0.717, 1.165) is 0 Å². The molecule has 0 aromatic heterocycles. The van der Waals surface area contributed by atoms with E-state index in [0.29, 0.717) is 0 Å². The highest BCUT2D eigenvalue weighted by Crippen LogP contribution is 1.64. The lowest BCUT2D eigenvalue weighted by atomic mass is 10.3. The van der Waals surface area contributed by atoms with E-state index in [4.69, 9.17) is 0 Å². The lowest BCUT2D eigenvalue weighted by Crippen LogP contribution is -3.20. The third kappa shape index (κ3) is 4.04. The van der Waals surface area contributed by atoms with Gasteiger partial charge in [-0.05, 0) is 0 Å². The second-order valence-electron chi connectivity index (χ2n) is 4.18. The molecule has 1 aliphatic rings. The van der Waals surface area contributed by atoms with Gasteiger partial charge in [-0.2, -0.15) is 0 Å². The number of quaternary nitrogens is 3. The molecule has 1 rings (SSSR count). The molecule has 0 saturated carbocycles. The maximum absolute atomic E-state index is 2.43. The topological polar surface area (TPSA) is 25.5 Å². The van der Waals surface area contributed by atoms with Gasteiger partial charge in [0, 0.05) is 6.42 Å². The molecule has 1 fully saturated rings. The number of nitrogens with two attached hydrogens (primary N) is 1. The van der Waals surface area contributed by atoms with Crippen LogP contribution in [-0.2, 0) is 0 Å². The Bertz CT molecular complexity index is 108. The Morgan fingerprint density at radius 3 is 2.50 bits per heavy atom. The molecule has 0 bridgehead atoms. The van der Waals surface area contributed by atoms with Crippen molar-refractivity contribution >= 4 is 0 Å². The van der Waals surface area contributed by atoms with Crippen molar-refractivity contribution in [1.29, 1.82) is 0 Å². The molecular formula is C9H24N3+3. The first-order valence-corrected chi connectivity index (χ1v) is 5.23. The number of nitrogens with one attached hydrogen (secondary N) is 2. The number of hydrogen-bond acceptors (Lipinski definition) is 0. The predicted octanol–water partition coefficient (Wildman–Crippen LogP) is -4.02. The largest absolute Gasteiger partial charge is 0.340 e. The van der Waals surface area contributed by atoms with Crippen LogP contribution in [0.25, 0.3) is 0 Å². The second-order valence-corrected chi connectivity index (χ2v) is 4.18. The summed E-state index contributed by atoms with van der Waals surface area (Å²) in [5.41, 5.74) is 0. The van der Waals surface area contributed by atoms with Crippen LogP contribution >= 0.6 is 0 Å². The average Bonchev–Trinajstić information content (AvgIpc) is 2.05. The molecule has 4 N–H and O–H groups in total. The summed E-state index contributed by atoms with van der Waals surface area (Å²) < 4.78 is 0. The molecule has 3 nitrogen and oxygen atoms in total. The van der Waals surface area contributed by atoms with E-state index in [-0.39, 0.29) is 0 Å². The standard InChI is InChI=1S/C9H21N3/c1-11(2)6-3-7-12-8-4-10-5-9-12/h10H,3-9H2,1-2H3/p+3. The van der Waals surface area contributed by atoms with E-state index in [2.05, 4.69) is 19.4 Å². The van der Waals surface area contributed by atoms with Crippen molar-refractivity contribution in [2.45, 2.75) is 6.42 Å². The Kier molecular flexibility index (Phi) is 4.58. The van der Waals surface area contributed by atoms with Crippen LogP contribution in [0.15, 0.2) is 0 Å². The third-order valence-corrected chi connectivity index (χ3v) is 2.61. The predicted molar refractivity (Wildman–Crippen MR) is 49.5 cm³/mol. The molecule has 0 aromatic carbocycles. The van der Waals surface area contributed by atoms with Crippen LogP contribution in [0.5, 0.6) is 0 Å². The van der Waals surface area contributed by atoms with E-state index >= 15 is 0 Å². The molecule has 0 aliphatic carbocycles. The van der Waals surface area contributed by atoms with Crippen LogP contribution in [-0.4, -0.2) is 53.4 Å². The van der Waals surface area contributed by atoms with Gasteiger partial charge in [-0.15, -0.1) is 0 Å². The number of piperazine rings is 1. The van der Waals surface area contributed by atoms with Crippen molar-refractivity contribution in [3.63, 3.8) is 0 Å². The normalized spacial score (nSPS) is 20.2. The molecule has 0 unspecified atom stereocenters. The van der Waals surface area contributed by atoms with Crippen molar-refractivity contribution in [2.24, 2.45) is 0 Å². The fraction of sp³-hybridized carbons (Fsp3) is 1.00. The Morgan fingerprint density at radius 1 is 1.25 bits per heavy atom. The van der Waals surface area contributed by atoms with Gasteiger partial charge >= 0.3 is 0 Å². The van der Waals surface area contributed by atoms with Crippen molar-refractivity contribution in [1.82, 2.24) is 0 Å². The summed E-state index contributed by atoms with van der Waals surface area (Å²) in [7, 11) is 4.47. The first-order valence-electron chi connectivity index (χ1n) is 5.23. The minimum atomic E-state index is 1.33. The molecule has 0 radical (unpaired) electrons. The van der Waals surface area contributed by atoms with E-state index in [1.807, 2.05) is 4.90 Å². The van der Waals surface area contributed by atoms with Gasteiger partial charge in [0.25, 0.3) is 0 Å². The first kappa shape index (κ1) is 9.96. The van der Waals surface area contributed by atoms with E-state index in [1.54, 1.807) is 4.90 Å². The van der Waals surface area contributed by atoms with Crippen LogP contribution in [0.4, 0.5) is 0 Å². The van der Waals surface area contributed by atoms with Gasteiger partial charge in [0.2, 0.25) is 0 Å². The van der Waals surface area contributed by atoms with Gasteiger partial charge in [-0.25, -0.2) is 0 Å². The molecule has 3 heteroatoms. The molecule has 0 aromatic rings. The third-order valence-electron chi connectivity index (χ3n) is 2.61. The Morgan fingerprint density at radius 2 is 1.92 bits per heavy atom. The quantitative estimate of drug-likeness (QED) is 0.387. The molecule has 0 spiro atoms. The van der Waals surface area contributed by atoms with E-state index < -0.39 is 0 Å². The summed E-state index contributed by atoms with van der Waals surface area (Å²) in [5.74, 6) is 0. The van der Waals surface area contributed by atoms with Gasteiger partial charge in [-0.1, -0.05) is 0 Å². The van der Waals surface area contributed by atoms with Crippen molar-refractivity contribution in [3.05, 3.63) is 0 Å². The summed E-state index contributed by atoms with van der Waals surface area (Å²) in [4.78, 5) is 3.40. The van der Waals surface area contributed by atoms with Gasteiger partial charge in [-0.3, -0.25) is 0 Å². The molecule has 12 heavy (non-hydrogen) atoms. The average molecular weight is 174 g/mol. The van der Waals surface area contributed by atoms with Crippen LogP contribution in [0.2, 0.25) is 0 Å². The van der Waals surface area contributed by atoms with Crippen LogP contribution in [0, 0.1) is 0 Å². The summed E-state index contributed by atoms with van der Waals surface area (Å²) in [6.07, 6.45) is 1.39. The Labute approximate surface area is 75.7 Å². The Balaban J connectivity index is 1.98. The highest BCUT2D eigenvalue weighted by Gasteiger charge is 2.14. The van der Waals surface area contributed by atoms with Crippen LogP contribution in [0.3, 0.4) is 0 Å². The van der Waals surface area contributed by atoms with Gasteiger partial charge < -0.3 is 15.1 Å². The summed E-state index contributed by atoms with van der Waals surface area (Å²) >= 11 is 0. The van der Waals surface area contributed by atoms with Crippen molar-refractivity contribution in [2.75, 3.05) is 53.4 Å². The van der Waals surface area contributed by atoms with Crippen LogP contribution < -0.4 is 15.1 Å². The SMILES string of the molecule is C[NH+](C)CCC[NH+]1CC[NH2+]CC1. The zero-order chi connectivity index (χ0) is 8.81. The summed E-state index contributed by atoms with van der Waals surface area (Å²) in [6, 6.07) is 0. The van der Waals surface area contributed by atoms with E-state index in [1.165, 1.54) is 45.7 Å². The fourth-order valence-electron chi connectivity index (χ4n) is 1.82. The zero-order valence-electron chi connectivity index (χ0n) is 8.53. The molecule has 0 amide bonds. The monoisotopic (exact) mass is 174 g/mol. The van der Waals surface area contributed by atoms with Gasteiger partial charge in [0.05, 0.1) is 27.2 Å². The van der Waals surface area contributed by atoms with Crippen molar-refractivity contribution < 1.29 is 15.1 Å². The summed E-state index contributed by atoms with van der Waals surface area (Å²) in [6.45, 7) is 8.14. The molecule has 1 saturated heterocycles. The smallest absolute Gasteiger partial charge is 0.127 e. The van der Waals surface area contributed by atoms with E-state index in [9.17, 15) is 0 Å². The number of hydrogen-bond donors (Lipinski definition) is 3. The maximum atomic E-state index is 2.43. The maximum Gasteiger partial charge on any atom is 0.127 e.